The highest BCUT2D eigenvalue weighted by Gasteiger charge is 2.27. The van der Waals surface area contributed by atoms with E-state index in [1.165, 1.54) is 12.1 Å². The van der Waals surface area contributed by atoms with Crippen LogP contribution in [-0.2, 0) is 11.2 Å². The Morgan fingerprint density at radius 1 is 1.41 bits per heavy atom. The molecular formula is C13H15ClFNO. The van der Waals surface area contributed by atoms with Gasteiger partial charge in [-0.25, -0.2) is 4.39 Å². The molecule has 0 aromatic heterocycles. The Bertz CT molecular complexity index is 393. The number of nitrogens with zero attached hydrogens (tertiary/aromatic N) is 1. The molecule has 2 rings (SSSR count). The number of halogens is 2. The number of alkyl halides is 1. The fraction of sp³-hybridized carbons (Fsp3) is 0.462. The number of carbonyl (C=O) groups is 1. The molecule has 1 fully saturated rings. The van der Waals surface area contributed by atoms with Gasteiger partial charge in [0.2, 0.25) is 5.91 Å². The van der Waals surface area contributed by atoms with Gasteiger partial charge in [-0.1, -0.05) is 12.1 Å². The van der Waals surface area contributed by atoms with E-state index >= 15 is 0 Å². The second-order valence-corrected chi connectivity index (χ2v) is 4.65. The fourth-order valence-electron chi connectivity index (χ4n) is 2.20. The van der Waals surface area contributed by atoms with Crippen LogP contribution in [0.25, 0.3) is 0 Å². The Hall–Kier alpha value is -1.09. The van der Waals surface area contributed by atoms with Gasteiger partial charge in [0.25, 0.3) is 0 Å². The summed E-state index contributed by atoms with van der Waals surface area (Å²) >= 11 is 5.83. The lowest BCUT2D eigenvalue weighted by Gasteiger charge is -2.22. The number of hydrogen-bond acceptors (Lipinski definition) is 1. The van der Waals surface area contributed by atoms with E-state index in [1.54, 1.807) is 12.1 Å². The molecule has 2 nitrogen and oxygen atoms in total. The zero-order chi connectivity index (χ0) is 12.3. The van der Waals surface area contributed by atoms with Gasteiger partial charge in [-0.3, -0.25) is 4.79 Å². The summed E-state index contributed by atoms with van der Waals surface area (Å²) < 4.78 is 12.7. The zero-order valence-corrected chi connectivity index (χ0v) is 10.3. The number of hydrogen-bond donors (Lipinski definition) is 0. The summed E-state index contributed by atoms with van der Waals surface area (Å²) in [5.41, 5.74) is 0.844. The van der Waals surface area contributed by atoms with Crippen molar-refractivity contribution in [1.82, 2.24) is 4.90 Å². The number of carbonyl (C=O) groups excluding carboxylic acids is 1. The molecule has 0 spiro atoms. The van der Waals surface area contributed by atoms with Gasteiger partial charge in [-0.15, -0.1) is 11.6 Å². The molecule has 1 aliphatic rings. The largest absolute Gasteiger partial charge is 0.338 e. The number of rotatable bonds is 3. The molecule has 0 saturated carbocycles. The molecule has 92 valence electrons. The van der Waals surface area contributed by atoms with Gasteiger partial charge in [-0.2, -0.15) is 0 Å². The lowest BCUT2D eigenvalue weighted by atomic mass is 10.1. The van der Waals surface area contributed by atoms with Crippen LogP contribution in [0.15, 0.2) is 24.3 Å². The predicted octanol–water partition coefficient (Wildman–Crippen LogP) is 2.60. The van der Waals surface area contributed by atoms with E-state index in [0.29, 0.717) is 12.3 Å². The minimum Gasteiger partial charge on any atom is -0.338 e. The third kappa shape index (κ3) is 2.97. The summed E-state index contributed by atoms with van der Waals surface area (Å²) in [6.45, 7) is 0.789. The van der Waals surface area contributed by atoms with Crippen LogP contribution in [0.2, 0.25) is 0 Å². The van der Waals surface area contributed by atoms with E-state index in [9.17, 15) is 9.18 Å². The summed E-state index contributed by atoms with van der Waals surface area (Å²) in [6.07, 6.45) is 2.33. The predicted molar refractivity (Wildman–Crippen MR) is 65.6 cm³/mol. The van der Waals surface area contributed by atoms with Crippen LogP contribution in [0.3, 0.4) is 0 Å². The van der Waals surface area contributed by atoms with Crippen LogP contribution in [0.5, 0.6) is 0 Å². The lowest BCUT2D eigenvalue weighted by Crippen LogP contribution is -2.37. The van der Waals surface area contributed by atoms with E-state index < -0.39 is 0 Å². The molecule has 1 amide bonds. The van der Waals surface area contributed by atoms with E-state index in [0.717, 1.165) is 24.9 Å². The molecule has 4 heteroatoms. The van der Waals surface area contributed by atoms with Crippen molar-refractivity contribution in [3.8, 4) is 0 Å². The third-order valence-corrected chi connectivity index (χ3v) is 3.50. The number of amides is 1. The van der Waals surface area contributed by atoms with E-state index in [4.69, 9.17) is 11.6 Å². The Balaban J connectivity index is 1.99. The third-order valence-electron chi connectivity index (χ3n) is 3.14. The first-order valence-electron chi connectivity index (χ1n) is 5.80. The standard InChI is InChI=1S/C13H15ClFNO/c14-9-12-2-1-7-16(12)13(17)8-10-3-5-11(15)6-4-10/h3-6,12H,1-2,7-9H2. The Labute approximate surface area is 105 Å². The number of likely N-dealkylation sites (tertiary alicyclic amines) is 1. The minimum absolute atomic E-state index is 0.0831. The molecule has 1 aromatic rings. The van der Waals surface area contributed by atoms with Gasteiger partial charge >= 0.3 is 0 Å². The normalized spacial score (nSPS) is 19.6. The number of benzene rings is 1. The topological polar surface area (TPSA) is 20.3 Å². The highest BCUT2D eigenvalue weighted by Crippen LogP contribution is 2.19. The van der Waals surface area contributed by atoms with Crippen molar-refractivity contribution in [3.05, 3.63) is 35.6 Å². The van der Waals surface area contributed by atoms with Crippen molar-refractivity contribution in [3.63, 3.8) is 0 Å². The van der Waals surface area contributed by atoms with Crippen LogP contribution in [0.1, 0.15) is 18.4 Å². The quantitative estimate of drug-likeness (QED) is 0.761. The second-order valence-electron chi connectivity index (χ2n) is 4.34. The fourth-order valence-corrected chi connectivity index (χ4v) is 2.52. The molecule has 0 aliphatic carbocycles. The molecule has 1 saturated heterocycles. The molecule has 1 aromatic carbocycles. The molecule has 0 N–H and O–H groups in total. The van der Waals surface area contributed by atoms with Crippen LogP contribution in [0, 0.1) is 5.82 Å². The van der Waals surface area contributed by atoms with E-state index in [-0.39, 0.29) is 17.8 Å². The first-order chi connectivity index (χ1) is 8.20. The highest BCUT2D eigenvalue weighted by molar-refractivity contribution is 6.18. The Morgan fingerprint density at radius 3 is 2.76 bits per heavy atom. The van der Waals surface area contributed by atoms with Gasteiger partial charge in [0, 0.05) is 18.5 Å². The molecule has 17 heavy (non-hydrogen) atoms. The molecule has 1 atom stereocenters. The Kier molecular flexibility index (Phi) is 4.00. The summed E-state index contributed by atoms with van der Waals surface area (Å²) in [5.74, 6) is 0.301. The zero-order valence-electron chi connectivity index (χ0n) is 9.53. The average Bonchev–Trinajstić information content (AvgIpc) is 2.80. The van der Waals surface area contributed by atoms with Crippen molar-refractivity contribution in [2.24, 2.45) is 0 Å². The first-order valence-corrected chi connectivity index (χ1v) is 6.34. The smallest absolute Gasteiger partial charge is 0.227 e. The van der Waals surface area contributed by atoms with Gasteiger partial charge in [-0.05, 0) is 30.5 Å². The maximum absolute atomic E-state index is 12.7. The Morgan fingerprint density at radius 2 is 2.12 bits per heavy atom. The first kappa shape index (κ1) is 12.4. The van der Waals surface area contributed by atoms with Crippen molar-refractivity contribution in [2.75, 3.05) is 12.4 Å². The minimum atomic E-state index is -0.277. The summed E-state index contributed by atoms with van der Waals surface area (Å²) in [5, 5.41) is 0. The molecule has 0 bridgehead atoms. The van der Waals surface area contributed by atoms with Crippen molar-refractivity contribution >= 4 is 17.5 Å². The molecular weight excluding hydrogens is 241 g/mol. The molecule has 1 aliphatic heterocycles. The summed E-state index contributed by atoms with van der Waals surface area (Å²) in [6, 6.07) is 6.24. The van der Waals surface area contributed by atoms with Gasteiger partial charge in [0.05, 0.1) is 6.42 Å². The maximum Gasteiger partial charge on any atom is 0.227 e. The second kappa shape index (κ2) is 5.50. The monoisotopic (exact) mass is 255 g/mol. The van der Waals surface area contributed by atoms with Crippen molar-refractivity contribution < 1.29 is 9.18 Å². The van der Waals surface area contributed by atoms with Crippen molar-refractivity contribution in [2.45, 2.75) is 25.3 Å². The van der Waals surface area contributed by atoms with Crippen LogP contribution in [-0.4, -0.2) is 29.3 Å². The van der Waals surface area contributed by atoms with Crippen LogP contribution in [0.4, 0.5) is 4.39 Å². The average molecular weight is 256 g/mol. The highest BCUT2D eigenvalue weighted by atomic mass is 35.5. The van der Waals surface area contributed by atoms with Gasteiger partial charge in [0.1, 0.15) is 5.82 Å². The van der Waals surface area contributed by atoms with Gasteiger partial charge < -0.3 is 4.90 Å². The van der Waals surface area contributed by atoms with Gasteiger partial charge in [0.15, 0.2) is 0 Å². The van der Waals surface area contributed by atoms with Crippen molar-refractivity contribution in [1.29, 1.82) is 0 Å². The SMILES string of the molecule is O=C(Cc1ccc(F)cc1)N1CCCC1CCl. The summed E-state index contributed by atoms with van der Waals surface area (Å²) in [7, 11) is 0. The molecule has 1 unspecified atom stereocenters. The van der Waals surface area contributed by atoms with Crippen LogP contribution >= 0.6 is 11.6 Å². The summed E-state index contributed by atoms with van der Waals surface area (Å²) in [4.78, 5) is 13.9. The van der Waals surface area contributed by atoms with E-state index in [1.807, 2.05) is 4.90 Å². The molecule has 1 heterocycles. The van der Waals surface area contributed by atoms with Crippen LogP contribution < -0.4 is 0 Å². The maximum atomic E-state index is 12.7. The van der Waals surface area contributed by atoms with E-state index in [2.05, 4.69) is 0 Å². The molecule has 0 radical (unpaired) electrons. The lowest BCUT2D eigenvalue weighted by molar-refractivity contribution is -0.130.